The first-order valence-corrected chi connectivity index (χ1v) is 9.13. The maximum Gasteiger partial charge on any atom is 0.237 e. The van der Waals surface area contributed by atoms with E-state index in [4.69, 9.17) is 4.74 Å². The van der Waals surface area contributed by atoms with Crippen LogP contribution in [0.4, 0.5) is 0 Å². The van der Waals surface area contributed by atoms with Gasteiger partial charge in [-0.3, -0.25) is 9.69 Å². The molecule has 2 aliphatic rings. The molecule has 1 aromatic carbocycles. The fourth-order valence-corrected chi connectivity index (χ4v) is 3.52. The third-order valence-corrected chi connectivity index (χ3v) is 4.82. The van der Waals surface area contributed by atoms with E-state index in [2.05, 4.69) is 46.7 Å². The normalized spacial score (nSPS) is 23.4. The highest BCUT2D eigenvalue weighted by Gasteiger charge is 2.20. The number of carbonyl (C=O) groups excluding carboxylic acids is 1. The zero-order chi connectivity index (χ0) is 16.8. The SMILES string of the molecule is CC1CN(Cc2cccc(CNC(=O)[C@H]3CCCCN3)c2)CCO1.Cl.Cl. The molecule has 2 atom stereocenters. The largest absolute Gasteiger partial charge is 0.376 e. The van der Waals surface area contributed by atoms with Crippen molar-refractivity contribution in [2.45, 2.75) is 51.4 Å². The Balaban J connectivity index is 0.00000169. The summed E-state index contributed by atoms with van der Waals surface area (Å²) in [6.45, 7) is 7.39. The minimum absolute atomic E-state index is 0. The van der Waals surface area contributed by atoms with E-state index in [0.29, 0.717) is 12.6 Å². The highest BCUT2D eigenvalue weighted by molar-refractivity contribution is 5.85. The van der Waals surface area contributed by atoms with Crippen LogP contribution in [0, 0.1) is 0 Å². The molecule has 0 radical (unpaired) electrons. The van der Waals surface area contributed by atoms with Crippen molar-refractivity contribution in [2.24, 2.45) is 0 Å². The van der Waals surface area contributed by atoms with Gasteiger partial charge in [0.15, 0.2) is 0 Å². The Morgan fingerprint density at radius 1 is 1.31 bits per heavy atom. The number of hydrogen-bond donors (Lipinski definition) is 2. The maximum absolute atomic E-state index is 12.2. The van der Waals surface area contributed by atoms with Crippen molar-refractivity contribution in [3.63, 3.8) is 0 Å². The maximum atomic E-state index is 12.2. The van der Waals surface area contributed by atoms with Crippen LogP contribution in [0.25, 0.3) is 0 Å². The van der Waals surface area contributed by atoms with Crippen LogP contribution in [0.3, 0.4) is 0 Å². The van der Waals surface area contributed by atoms with Gasteiger partial charge in [-0.1, -0.05) is 30.7 Å². The lowest BCUT2D eigenvalue weighted by Gasteiger charge is -2.31. The summed E-state index contributed by atoms with van der Waals surface area (Å²) in [5.41, 5.74) is 2.46. The van der Waals surface area contributed by atoms with Crippen LogP contribution in [0.1, 0.15) is 37.3 Å². The number of hydrogen-bond acceptors (Lipinski definition) is 4. The molecule has 26 heavy (non-hydrogen) atoms. The molecule has 1 aromatic rings. The van der Waals surface area contributed by atoms with E-state index in [9.17, 15) is 4.79 Å². The molecule has 2 aliphatic heterocycles. The molecule has 0 aliphatic carbocycles. The number of nitrogens with one attached hydrogen (secondary N) is 2. The predicted molar refractivity (Wildman–Crippen MR) is 109 cm³/mol. The minimum Gasteiger partial charge on any atom is -0.376 e. The Kier molecular flexibility index (Phi) is 10.5. The van der Waals surface area contributed by atoms with Gasteiger partial charge in [-0.05, 0) is 37.4 Å². The summed E-state index contributed by atoms with van der Waals surface area (Å²) < 4.78 is 5.60. The Hall–Kier alpha value is -0.850. The van der Waals surface area contributed by atoms with Gasteiger partial charge >= 0.3 is 0 Å². The van der Waals surface area contributed by atoms with E-state index < -0.39 is 0 Å². The average Bonchev–Trinajstić information content (AvgIpc) is 2.61. The molecule has 0 saturated carbocycles. The van der Waals surface area contributed by atoms with Gasteiger partial charge in [0.1, 0.15) is 0 Å². The first kappa shape index (κ1) is 23.2. The van der Waals surface area contributed by atoms with Crippen molar-refractivity contribution < 1.29 is 9.53 Å². The summed E-state index contributed by atoms with van der Waals surface area (Å²) in [6.07, 6.45) is 3.57. The number of piperidine rings is 1. The summed E-state index contributed by atoms with van der Waals surface area (Å²) in [5.74, 6) is 0.127. The number of rotatable bonds is 5. The molecule has 3 rings (SSSR count). The van der Waals surface area contributed by atoms with E-state index in [1.54, 1.807) is 0 Å². The number of nitrogens with zero attached hydrogens (tertiary/aromatic N) is 1. The number of carbonyl (C=O) groups is 1. The molecule has 2 N–H and O–H groups in total. The van der Waals surface area contributed by atoms with E-state index in [1.165, 1.54) is 12.0 Å². The second-order valence-electron chi connectivity index (χ2n) is 6.96. The zero-order valence-corrected chi connectivity index (χ0v) is 17.0. The first-order chi connectivity index (χ1) is 11.7. The molecule has 2 fully saturated rings. The third kappa shape index (κ3) is 7.05. The van der Waals surface area contributed by atoms with Crippen LogP contribution in [0.5, 0.6) is 0 Å². The van der Waals surface area contributed by atoms with Crippen molar-refractivity contribution in [3.05, 3.63) is 35.4 Å². The molecule has 2 saturated heterocycles. The quantitative estimate of drug-likeness (QED) is 0.792. The third-order valence-electron chi connectivity index (χ3n) is 4.82. The molecular weight excluding hydrogens is 373 g/mol. The van der Waals surface area contributed by atoms with E-state index in [-0.39, 0.29) is 36.8 Å². The molecule has 0 bridgehead atoms. The topological polar surface area (TPSA) is 53.6 Å². The van der Waals surface area contributed by atoms with Crippen LogP contribution >= 0.6 is 24.8 Å². The van der Waals surface area contributed by atoms with Gasteiger partial charge in [-0.25, -0.2) is 0 Å². The Labute approximate surface area is 169 Å². The fraction of sp³-hybridized carbons (Fsp3) is 0.632. The lowest BCUT2D eigenvalue weighted by Crippen LogP contribution is -2.46. The number of ether oxygens (including phenoxy) is 1. The molecule has 0 spiro atoms. The molecule has 7 heteroatoms. The van der Waals surface area contributed by atoms with Gasteiger partial charge in [-0.15, -0.1) is 24.8 Å². The van der Waals surface area contributed by atoms with Gasteiger partial charge in [0.25, 0.3) is 0 Å². The Morgan fingerprint density at radius 2 is 2.12 bits per heavy atom. The van der Waals surface area contributed by atoms with Crippen molar-refractivity contribution in [1.82, 2.24) is 15.5 Å². The van der Waals surface area contributed by atoms with Crippen molar-refractivity contribution in [3.8, 4) is 0 Å². The molecule has 0 aromatic heterocycles. The van der Waals surface area contributed by atoms with E-state index in [1.807, 2.05) is 0 Å². The van der Waals surface area contributed by atoms with Gasteiger partial charge in [0.2, 0.25) is 5.91 Å². The highest BCUT2D eigenvalue weighted by Crippen LogP contribution is 2.12. The second-order valence-corrected chi connectivity index (χ2v) is 6.96. The van der Waals surface area contributed by atoms with Crippen LogP contribution in [0.2, 0.25) is 0 Å². The summed E-state index contributed by atoms with van der Waals surface area (Å²) in [4.78, 5) is 14.6. The lowest BCUT2D eigenvalue weighted by molar-refractivity contribution is -0.123. The van der Waals surface area contributed by atoms with Gasteiger partial charge in [-0.2, -0.15) is 0 Å². The standard InChI is InChI=1S/C19H29N3O2.2ClH/c1-15-13-22(9-10-24-15)14-17-6-4-5-16(11-17)12-21-19(23)18-7-2-3-8-20-18;;/h4-6,11,15,18,20H,2-3,7-10,12-14H2,1H3,(H,21,23);2*1H/t15?,18-;;/m1../s1. The molecular formula is C19H31Cl2N3O2. The summed E-state index contributed by atoms with van der Waals surface area (Å²) >= 11 is 0. The smallest absolute Gasteiger partial charge is 0.237 e. The summed E-state index contributed by atoms with van der Waals surface area (Å²) in [7, 11) is 0. The minimum atomic E-state index is -0.0169. The van der Waals surface area contributed by atoms with Crippen LogP contribution in [-0.2, 0) is 22.6 Å². The number of morpholine rings is 1. The Morgan fingerprint density at radius 3 is 2.85 bits per heavy atom. The van der Waals surface area contributed by atoms with Crippen molar-refractivity contribution >= 4 is 30.7 Å². The molecule has 5 nitrogen and oxygen atoms in total. The number of halogens is 2. The molecule has 148 valence electrons. The highest BCUT2D eigenvalue weighted by atomic mass is 35.5. The molecule has 1 amide bonds. The average molecular weight is 404 g/mol. The molecule has 1 unspecified atom stereocenters. The van der Waals surface area contributed by atoms with Crippen LogP contribution < -0.4 is 10.6 Å². The monoisotopic (exact) mass is 403 g/mol. The lowest BCUT2D eigenvalue weighted by atomic mass is 10.0. The zero-order valence-electron chi connectivity index (χ0n) is 15.4. The van der Waals surface area contributed by atoms with Gasteiger partial charge in [0.05, 0.1) is 18.8 Å². The second kappa shape index (κ2) is 11.8. The van der Waals surface area contributed by atoms with Crippen molar-refractivity contribution in [1.29, 1.82) is 0 Å². The van der Waals surface area contributed by atoms with Gasteiger partial charge in [0, 0.05) is 26.2 Å². The van der Waals surface area contributed by atoms with E-state index >= 15 is 0 Å². The summed E-state index contributed by atoms with van der Waals surface area (Å²) in [5, 5.41) is 6.37. The summed E-state index contributed by atoms with van der Waals surface area (Å²) in [6, 6.07) is 8.51. The fourth-order valence-electron chi connectivity index (χ4n) is 3.52. The number of benzene rings is 1. The van der Waals surface area contributed by atoms with Crippen LogP contribution in [-0.4, -0.2) is 49.2 Å². The number of amides is 1. The molecule has 2 heterocycles. The Bertz CT molecular complexity index is 553. The van der Waals surface area contributed by atoms with Crippen LogP contribution in [0.15, 0.2) is 24.3 Å². The predicted octanol–water partition coefficient (Wildman–Crippen LogP) is 2.51. The first-order valence-electron chi connectivity index (χ1n) is 9.13. The van der Waals surface area contributed by atoms with E-state index in [0.717, 1.165) is 51.2 Å². The van der Waals surface area contributed by atoms with Crippen molar-refractivity contribution in [2.75, 3.05) is 26.2 Å². The van der Waals surface area contributed by atoms with Gasteiger partial charge < -0.3 is 15.4 Å².